The monoisotopic (exact) mass is 534 g/mol. The Morgan fingerprint density at radius 2 is 1.77 bits per heavy atom. The predicted molar refractivity (Wildman–Crippen MR) is 138 cm³/mol. The number of nitro groups is 1. The molecule has 0 aromatic heterocycles. The molecule has 3 heterocycles. The number of nitrogens with zero attached hydrogens (tertiary/aromatic N) is 2. The molecule has 0 N–H and O–H groups in total. The van der Waals surface area contributed by atoms with Gasteiger partial charge in [-0.3, -0.25) is 15.0 Å². The van der Waals surface area contributed by atoms with Crippen molar-refractivity contribution in [1.82, 2.24) is 4.90 Å². The van der Waals surface area contributed by atoms with Gasteiger partial charge in [0.25, 0.3) is 5.69 Å². The van der Waals surface area contributed by atoms with Gasteiger partial charge in [-0.1, -0.05) is 18.2 Å². The van der Waals surface area contributed by atoms with E-state index >= 15 is 0 Å². The van der Waals surface area contributed by atoms with Crippen molar-refractivity contribution in [3.63, 3.8) is 0 Å². The molecule has 0 saturated carbocycles. The summed E-state index contributed by atoms with van der Waals surface area (Å²) in [6, 6.07) is 9.54. The summed E-state index contributed by atoms with van der Waals surface area (Å²) >= 11 is 0. The molecule has 1 unspecified atom stereocenters. The minimum Gasteiger partial charge on any atom is -0.493 e. The van der Waals surface area contributed by atoms with Gasteiger partial charge in [0.1, 0.15) is 11.7 Å². The van der Waals surface area contributed by atoms with Crippen LogP contribution in [0.4, 0.5) is 5.69 Å². The number of rotatable bonds is 6. The van der Waals surface area contributed by atoms with E-state index in [1.165, 1.54) is 26.4 Å². The number of non-ortho nitro benzene ring substituents is 1. The molecule has 0 amide bonds. The number of carbonyl (C=O) groups excluding carboxylic acids is 1. The second-order valence-electron chi connectivity index (χ2n) is 9.44. The summed E-state index contributed by atoms with van der Waals surface area (Å²) < 4.78 is 34.7. The second kappa shape index (κ2) is 9.35. The molecule has 3 aliphatic heterocycles. The molecule has 3 aromatic carbocycles. The Hall–Kier alpha value is -4.51. The van der Waals surface area contributed by atoms with Crippen LogP contribution < -0.4 is 23.7 Å². The molecule has 0 aliphatic carbocycles. The molecule has 2 atom stereocenters. The van der Waals surface area contributed by atoms with Gasteiger partial charge in [0.2, 0.25) is 12.5 Å². The third-order valence-corrected chi connectivity index (χ3v) is 7.56. The molecular formula is C28H26N2O9. The molecule has 0 bridgehead atoms. The van der Waals surface area contributed by atoms with E-state index < -0.39 is 23.0 Å². The normalized spacial score (nSPS) is 19.2. The van der Waals surface area contributed by atoms with Crippen LogP contribution in [0.3, 0.4) is 0 Å². The van der Waals surface area contributed by atoms with Gasteiger partial charge in [-0.15, -0.1) is 0 Å². The van der Waals surface area contributed by atoms with Crippen LogP contribution in [-0.2, 0) is 11.2 Å². The summed E-state index contributed by atoms with van der Waals surface area (Å²) in [5.41, 5.74) is 3.95. The number of benzene rings is 3. The van der Waals surface area contributed by atoms with Crippen LogP contribution in [0.15, 0.2) is 36.4 Å². The van der Waals surface area contributed by atoms with Gasteiger partial charge >= 0.3 is 5.97 Å². The molecule has 202 valence electrons. The van der Waals surface area contributed by atoms with Crippen LogP contribution in [-0.4, -0.2) is 57.5 Å². The molecule has 0 saturated heterocycles. The van der Waals surface area contributed by atoms with Crippen LogP contribution in [0.25, 0.3) is 11.1 Å². The molecule has 11 heteroatoms. The van der Waals surface area contributed by atoms with Crippen LogP contribution in [0, 0.1) is 10.1 Å². The van der Waals surface area contributed by atoms with Crippen LogP contribution in [0.2, 0.25) is 0 Å². The van der Waals surface area contributed by atoms with Crippen molar-refractivity contribution in [1.29, 1.82) is 0 Å². The highest BCUT2D eigenvalue weighted by Gasteiger charge is 2.47. The molecule has 0 spiro atoms. The quantitative estimate of drug-likeness (QED) is 0.255. The zero-order valence-corrected chi connectivity index (χ0v) is 21.8. The van der Waals surface area contributed by atoms with E-state index in [2.05, 4.69) is 4.90 Å². The number of likely N-dealkylation sites (N-methyl/N-ethyl adjacent to an activating group) is 1. The van der Waals surface area contributed by atoms with Crippen molar-refractivity contribution in [3.05, 3.63) is 68.8 Å². The van der Waals surface area contributed by atoms with E-state index in [0.717, 1.165) is 11.1 Å². The molecule has 0 radical (unpaired) electrons. The lowest BCUT2D eigenvalue weighted by Crippen LogP contribution is -2.36. The highest BCUT2D eigenvalue weighted by Crippen LogP contribution is 2.59. The van der Waals surface area contributed by atoms with E-state index in [4.69, 9.17) is 28.4 Å². The fourth-order valence-corrected chi connectivity index (χ4v) is 5.91. The van der Waals surface area contributed by atoms with Crippen LogP contribution in [0.1, 0.15) is 39.2 Å². The van der Waals surface area contributed by atoms with E-state index in [1.807, 2.05) is 19.2 Å². The van der Waals surface area contributed by atoms with E-state index in [9.17, 15) is 14.9 Å². The number of carbonyl (C=O) groups is 1. The number of hydrogen-bond donors (Lipinski definition) is 0. The first kappa shape index (κ1) is 24.8. The standard InChI is InChI=1S/C28H26N2O9/c1-29-11-10-16-19(14-6-5-7-15(12-14)30(32)33)26-27(38-13-37-26)25(36-4)20(16)22(29)23-17-8-9-18(34-2)24(35-3)21(17)28(31)39-23/h5-9,12,22-23H,10-11,13H2,1-4H3/t22-,23?/m1/s1. The lowest BCUT2D eigenvalue weighted by Gasteiger charge is -2.39. The lowest BCUT2D eigenvalue weighted by atomic mass is 9.81. The highest BCUT2D eigenvalue weighted by molar-refractivity contribution is 5.98. The Labute approximate surface area is 223 Å². The second-order valence-corrected chi connectivity index (χ2v) is 9.44. The van der Waals surface area contributed by atoms with Crippen molar-refractivity contribution >= 4 is 11.7 Å². The average molecular weight is 535 g/mol. The third kappa shape index (κ3) is 3.64. The first-order valence-electron chi connectivity index (χ1n) is 12.3. The first-order valence-corrected chi connectivity index (χ1v) is 12.3. The Kier molecular flexibility index (Phi) is 5.95. The maximum atomic E-state index is 13.2. The van der Waals surface area contributed by atoms with Gasteiger partial charge in [0.05, 0.1) is 32.3 Å². The van der Waals surface area contributed by atoms with Crippen molar-refractivity contribution in [3.8, 4) is 39.9 Å². The fraction of sp³-hybridized carbons (Fsp3) is 0.321. The van der Waals surface area contributed by atoms with Gasteiger partial charge in [0.15, 0.2) is 23.0 Å². The van der Waals surface area contributed by atoms with Crippen LogP contribution in [0.5, 0.6) is 28.7 Å². The largest absolute Gasteiger partial charge is 0.493 e. The molecule has 3 aromatic rings. The van der Waals surface area contributed by atoms with Crippen molar-refractivity contribution < 1.29 is 38.1 Å². The zero-order valence-electron chi connectivity index (χ0n) is 21.8. The Morgan fingerprint density at radius 1 is 1.00 bits per heavy atom. The smallest absolute Gasteiger partial charge is 0.343 e. The van der Waals surface area contributed by atoms with Gasteiger partial charge in [-0.25, -0.2) is 4.79 Å². The van der Waals surface area contributed by atoms with Crippen molar-refractivity contribution in [2.45, 2.75) is 18.6 Å². The molecule has 39 heavy (non-hydrogen) atoms. The molecule has 11 nitrogen and oxygen atoms in total. The van der Waals surface area contributed by atoms with Gasteiger partial charge in [-0.05, 0) is 30.7 Å². The summed E-state index contributed by atoms with van der Waals surface area (Å²) in [6.45, 7) is 0.605. The predicted octanol–water partition coefficient (Wildman–Crippen LogP) is 4.46. The number of nitro benzene ring substituents is 1. The maximum Gasteiger partial charge on any atom is 0.343 e. The number of ether oxygens (including phenoxy) is 6. The Morgan fingerprint density at radius 3 is 2.49 bits per heavy atom. The highest BCUT2D eigenvalue weighted by atomic mass is 16.7. The molecule has 6 rings (SSSR count). The average Bonchev–Trinajstić information content (AvgIpc) is 3.55. The maximum absolute atomic E-state index is 13.2. The minimum absolute atomic E-state index is 0.0186. The topological polar surface area (TPSA) is 119 Å². The first-order chi connectivity index (χ1) is 18.9. The van der Waals surface area contributed by atoms with Crippen LogP contribution >= 0.6 is 0 Å². The van der Waals surface area contributed by atoms with Gasteiger partial charge in [0, 0.05) is 35.4 Å². The van der Waals surface area contributed by atoms with E-state index in [0.29, 0.717) is 64.0 Å². The third-order valence-electron chi connectivity index (χ3n) is 7.56. The molecule has 3 aliphatic rings. The summed E-state index contributed by atoms with van der Waals surface area (Å²) in [7, 11) is 6.50. The summed E-state index contributed by atoms with van der Waals surface area (Å²) in [5, 5.41) is 11.6. The minimum atomic E-state index is -0.691. The fourth-order valence-electron chi connectivity index (χ4n) is 5.91. The Bertz CT molecular complexity index is 1520. The lowest BCUT2D eigenvalue weighted by molar-refractivity contribution is -0.384. The van der Waals surface area contributed by atoms with Crippen molar-refractivity contribution in [2.75, 3.05) is 41.7 Å². The summed E-state index contributed by atoms with van der Waals surface area (Å²) in [5.74, 6) is 1.61. The zero-order chi connectivity index (χ0) is 27.4. The Balaban J connectivity index is 1.60. The SMILES string of the molecule is COc1ccc2c(c1OC)C(=O)OC2[C@H]1c2c(c(-c3cccc([N+](=O)[O-])c3)c3c(c2OC)OCO3)CCN1C. The van der Waals surface area contributed by atoms with Crippen molar-refractivity contribution in [2.24, 2.45) is 0 Å². The number of hydrogen-bond acceptors (Lipinski definition) is 10. The number of methoxy groups -OCH3 is 3. The van der Waals surface area contributed by atoms with Gasteiger partial charge in [-0.2, -0.15) is 0 Å². The molecule has 0 fully saturated rings. The molecular weight excluding hydrogens is 508 g/mol. The summed E-state index contributed by atoms with van der Waals surface area (Å²) in [4.78, 5) is 26.5. The summed E-state index contributed by atoms with van der Waals surface area (Å²) in [6.07, 6.45) is -0.0871. The van der Waals surface area contributed by atoms with E-state index in [-0.39, 0.29) is 12.5 Å². The van der Waals surface area contributed by atoms with Gasteiger partial charge < -0.3 is 28.4 Å². The number of fused-ring (bicyclic) bond motifs is 3. The van der Waals surface area contributed by atoms with E-state index in [1.54, 1.807) is 19.2 Å². The number of esters is 1. The number of cyclic esters (lactones) is 1.